The smallest absolute Gasteiger partial charge is 0.207 e. The van der Waals surface area contributed by atoms with Gasteiger partial charge in [0.1, 0.15) is 0 Å². The normalized spacial score (nSPS) is 13.6. The monoisotopic (exact) mass is 267 g/mol. The molecular formula is C14H21NO2S. The van der Waals surface area contributed by atoms with Crippen LogP contribution >= 0.6 is 0 Å². The second-order valence-electron chi connectivity index (χ2n) is 4.91. The second kappa shape index (κ2) is 6.16. The van der Waals surface area contributed by atoms with Crippen LogP contribution in [0, 0.1) is 12.8 Å². The number of rotatable bonds is 6. The predicted molar refractivity (Wildman–Crippen MR) is 74.9 cm³/mol. The first-order valence-electron chi connectivity index (χ1n) is 6.06. The lowest BCUT2D eigenvalue weighted by atomic mass is 10.1. The van der Waals surface area contributed by atoms with E-state index in [2.05, 4.69) is 25.1 Å². The summed E-state index contributed by atoms with van der Waals surface area (Å²) in [7, 11) is -3.46. The zero-order valence-corrected chi connectivity index (χ0v) is 12.0. The van der Waals surface area contributed by atoms with Crippen LogP contribution in [0.25, 0.3) is 0 Å². The first-order chi connectivity index (χ1) is 8.35. The van der Waals surface area contributed by atoms with Crippen LogP contribution in [0.1, 0.15) is 25.8 Å². The van der Waals surface area contributed by atoms with Crippen LogP contribution in [0.4, 0.5) is 0 Å². The van der Waals surface area contributed by atoms with Crippen molar-refractivity contribution in [1.29, 1.82) is 0 Å². The Morgan fingerprint density at radius 2 is 1.83 bits per heavy atom. The SMILES string of the molecule is C=CC(CC(C)C)NS(=O)(=O)c1ccc(C)cc1. The molecule has 1 aromatic rings. The summed E-state index contributed by atoms with van der Waals surface area (Å²) in [6.07, 6.45) is 2.39. The van der Waals surface area contributed by atoms with E-state index in [0.717, 1.165) is 12.0 Å². The van der Waals surface area contributed by atoms with E-state index in [1.807, 2.05) is 6.92 Å². The molecule has 1 rings (SSSR count). The van der Waals surface area contributed by atoms with Gasteiger partial charge in [0.2, 0.25) is 10.0 Å². The lowest BCUT2D eigenvalue weighted by molar-refractivity contribution is 0.508. The van der Waals surface area contributed by atoms with Gasteiger partial charge in [-0.25, -0.2) is 13.1 Å². The fraction of sp³-hybridized carbons (Fsp3) is 0.429. The third-order valence-electron chi connectivity index (χ3n) is 2.65. The molecule has 0 aliphatic rings. The standard InChI is InChI=1S/C14H21NO2S/c1-5-13(10-11(2)3)15-18(16,17)14-8-6-12(4)7-9-14/h5-9,11,13,15H,1,10H2,2-4H3. The molecule has 0 saturated carbocycles. The van der Waals surface area contributed by atoms with Crippen molar-refractivity contribution in [2.24, 2.45) is 5.92 Å². The number of hydrogen-bond donors (Lipinski definition) is 1. The largest absolute Gasteiger partial charge is 0.241 e. The molecule has 0 bridgehead atoms. The molecular weight excluding hydrogens is 246 g/mol. The zero-order chi connectivity index (χ0) is 13.8. The average molecular weight is 267 g/mol. The number of aryl methyl sites for hydroxylation is 1. The summed E-state index contributed by atoms with van der Waals surface area (Å²) in [5.74, 6) is 0.411. The van der Waals surface area contributed by atoms with E-state index in [1.165, 1.54) is 0 Å². The van der Waals surface area contributed by atoms with Crippen molar-refractivity contribution in [3.63, 3.8) is 0 Å². The van der Waals surface area contributed by atoms with Gasteiger partial charge < -0.3 is 0 Å². The molecule has 0 spiro atoms. The molecule has 1 N–H and O–H groups in total. The Morgan fingerprint density at radius 1 is 1.28 bits per heavy atom. The number of nitrogens with one attached hydrogen (secondary N) is 1. The van der Waals surface area contributed by atoms with Crippen molar-refractivity contribution in [2.75, 3.05) is 0 Å². The predicted octanol–water partition coefficient (Wildman–Crippen LogP) is 2.87. The van der Waals surface area contributed by atoms with Crippen LogP contribution < -0.4 is 4.72 Å². The Morgan fingerprint density at radius 3 is 2.28 bits per heavy atom. The van der Waals surface area contributed by atoms with E-state index in [1.54, 1.807) is 30.3 Å². The first-order valence-corrected chi connectivity index (χ1v) is 7.55. The minimum atomic E-state index is -3.46. The summed E-state index contributed by atoms with van der Waals surface area (Å²) in [5.41, 5.74) is 1.04. The fourth-order valence-electron chi connectivity index (χ4n) is 1.69. The van der Waals surface area contributed by atoms with Gasteiger partial charge in [-0.15, -0.1) is 6.58 Å². The van der Waals surface area contributed by atoms with Crippen molar-refractivity contribution in [2.45, 2.75) is 38.1 Å². The van der Waals surface area contributed by atoms with Crippen molar-refractivity contribution >= 4 is 10.0 Å². The highest BCUT2D eigenvalue weighted by Crippen LogP contribution is 2.13. The van der Waals surface area contributed by atoms with Crippen LogP contribution in [-0.4, -0.2) is 14.5 Å². The van der Waals surface area contributed by atoms with Crippen molar-refractivity contribution < 1.29 is 8.42 Å². The molecule has 0 fully saturated rings. The Hall–Kier alpha value is -1.13. The van der Waals surface area contributed by atoms with E-state index in [-0.39, 0.29) is 6.04 Å². The fourth-order valence-corrected chi connectivity index (χ4v) is 2.91. The molecule has 1 unspecified atom stereocenters. The molecule has 0 aliphatic heterocycles. The van der Waals surface area contributed by atoms with Gasteiger partial charge >= 0.3 is 0 Å². The van der Waals surface area contributed by atoms with Crippen molar-refractivity contribution in [1.82, 2.24) is 4.72 Å². The van der Waals surface area contributed by atoms with Gasteiger partial charge in [0.05, 0.1) is 4.90 Å². The zero-order valence-electron chi connectivity index (χ0n) is 11.2. The average Bonchev–Trinajstić information content (AvgIpc) is 2.27. The molecule has 4 heteroatoms. The lowest BCUT2D eigenvalue weighted by Gasteiger charge is -2.17. The maximum Gasteiger partial charge on any atom is 0.241 e. The summed E-state index contributed by atoms with van der Waals surface area (Å²) in [4.78, 5) is 0.295. The van der Waals surface area contributed by atoms with Gasteiger partial charge in [-0.1, -0.05) is 37.6 Å². The Kier molecular flexibility index (Phi) is 5.11. The maximum atomic E-state index is 12.1. The van der Waals surface area contributed by atoms with E-state index in [4.69, 9.17) is 0 Å². The topological polar surface area (TPSA) is 46.2 Å². The van der Waals surface area contributed by atoms with E-state index in [0.29, 0.717) is 10.8 Å². The van der Waals surface area contributed by atoms with Crippen LogP contribution in [0.3, 0.4) is 0 Å². The third kappa shape index (κ3) is 4.27. The number of sulfonamides is 1. The highest BCUT2D eigenvalue weighted by Gasteiger charge is 2.18. The van der Waals surface area contributed by atoms with Gasteiger partial charge in [0.25, 0.3) is 0 Å². The highest BCUT2D eigenvalue weighted by atomic mass is 32.2. The molecule has 100 valence electrons. The maximum absolute atomic E-state index is 12.1. The summed E-state index contributed by atoms with van der Waals surface area (Å²) >= 11 is 0. The van der Waals surface area contributed by atoms with Gasteiger partial charge in [-0.2, -0.15) is 0 Å². The Labute approximate surface area is 110 Å². The summed E-state index contributed by atoms with van der Waals surface area (Å²) < 4.78 is 26.9. The molecule has 1 atom stereocenters. The van der Waals surface area contributed by atoms with E-state index < -0.39 is 10.0 Å². The molecule has 0 saturated heterocycles. The van der Waals surface area contributed by atoms with Crippen LogP contribution in [0.2, 0.25) is 0 Å². The van der Waals surface area contributed by atoms with Crippen molar-refractivity contribution in [3.05, 3.63) is 42.5 Å². The van der Waals surface area contributed by atoms with Crippen LogP contribution in [0.15, 0.2) is 41.8 Å². The Balaban J connectivity index is 2.86. The van der Waals surface area contributed by atoms with Crippen LogP contribution in [0.5, 0.6) is 0 Å². The molecule has 0 aliphatic carbocycles. The first kappa shape index (κ1) is 14.9. The van der Waals surface area contributed by atoms with Crippen molar-refractivity contribution in [3.8, 4) is 0 Å². The minimum absolute atomic E-state index is 0.226. The number of benzene rings is 1. The van der Waals surface area contributed by atoms with E-state index >= 15 is 0 Å². The summed E-state index contributed by atoms with van der Waals surface area (Å²) in [6.45, 7) is 9.71. The van der Waals surface area contributed by atoms with Gasteiger partial charge in [-0.05, 0) is 31.4 Å². The van der Waals surface area contributed by atoms with E-state index in [9.17, 15) is 8.42 Å². The molecule has 18 heavy (non-hydrogen) atoms. The Bertz CT molecular complexity index is 489. The van der Waals surface area contributed by atoms with Gasteiger partial charge in [-0.3, -0.25) is 0 Å². The highest BCUT2D eigenvalue weighted by molar-refractivity contribution is 7.89. The molecule has 0 radical (unpaired) electrons. The minimum Gasteiger partial charge on any atom is -0.207 e. The second-order valence-corrected chi connectivity index (χ2v) is 6.62. The van der Waals surface area contributed by atoms with Crippen LogP contribution in [-0.2, 0) is 10.0 Å². The van der Waals surface area contributed by atoms with Gasteiger partial charge in [0.15, 0.2) is 0 Å². The third-order valence-corrected chi connectivity index (χ3v) is 4.15. The van der Waals surface area contributed by atoms with Gasteiger partial charge in [0, 0.05) is 6.04 Å². The molecule has 0 amide bonds. The molecule has 0 aromatic heterocycles. The summed E-state index contributed by atoms with van der Waals surface area (Å²) in [5, 5.41) is 0. The summed E-state index contributed by atoms with van der Waals surface area (Å²) in [6, 6.07) is 6.59. The lowest BCUT2D eigenvalue weighted by Crippen LogP contribution is -2.34. The quantitative estimate of drug-likeness (QED) is 0.806. The molecule has 3 nitrogen and oxygen atoms in total. The molecule has 0 heterocycles. The number of hydrogen-bond acceptors (Lipinski definition) is 2. The molecule has 1 aromatic carbocycles.